The number of hydrogen-bond acceptors (Lipinski definition) is 4. The van der Waals surface area contributed by atoms with E-state index in [4.69, 9.17) is 46.4 Å². The second-order valence-electron chi connectivity index (χ2n) is 9.15. The molecule has 2 aromatic carbocycles. The van der Waals surface area contributed by atoms with Gasteiger partial charge in [-0.2, -0.15) is 0 Å². The van der Waals surface area contributed by atoms with Crippen LogP contribution in [0.25, 0.3) is 0 Å². The zero-order valence-electron chi connectivity index (χ0n) is 20.5. The van der Waals surface area contributed by atoms with Gasteiger partial charge in [-0.15, -0.1) is 0 Å². The van der Waals surface area contributed by atoms with Crippen LogP contribution in [-0.4, -0.2) is 50.0 Å². The van der Waals surface area contributed by atoms with Gasteiger partial charge < -0.3 is 10.2 Å². The molecule has 7 nitrogen and oxygen atoms in total. The van der Waals surface area contributed by atoms with Gasteiger partial charge in [0.15, 0.2) is 0 Å². The first-order valence-corrected chi connectivity index (χ1v) is 15.2. The van der Waals surface area contributed by atoms with Crippen LogP contribution in [0.5, 0.6) is 0 Å². The minimum atomic E-state index is -3.92. The van der Waals surface area contributed by atoms with E-state index in [2.05, 4.69) is 5.32 Å². The lowest BCUT2D eigenvalue weighted by atomic mass is 9.95. The van der Waals surface area contributed by atoms with E-state index in [9.17, 15) is 18.0 Å². The van der Waals surface area contributed by atoms with Crippen LogP contribution >= 0.6 is 46.4 Å². The standard InChI is InChI=1S/C25H29Cl4N3O4S/c1-16(25(34)30-19-6-4-3-5-7-19)31(14-17-8-10-20(27)21(28)12-17)24(33)15-32(37(2,35)36)23-11-9-18(26)13-22(23)29/h8-13,16,19H,3-7,14-15H2,1-2H3,(H,30,34)/t16-/m1/s1. The van der Waals surface area contributed by atoms with Crippen molar-refractivity contribution in [2.45, 2.75) is 57.7 Å². The third kappa shape index (κ3) is 8.14. The number of amides is 2. The summed E-state index contributed by atoms with van der Waals surface area (Å²) in [4.78, 5) is 28.2. The van der Waals surface area contributed by atoms with Crippen molar-refractivity contribution in [3.63, 3.8) is 0 Å². The quantitative estimate of drug-likeness (QED) is 0.382. The highest BCUT2D eigenvalue weighted by Gasteiger charge is 2.32. The Bertz CT molecular complexity index is 1250. The van der Waals surface area contributed by atoms with Crippen LogP contribution in [-0.2, 0) is 26.2 Å². The van der Waals surface area contributed by atoms with Crippen LogP contribution in [0.1, 0.15) is 44.6 Å². The largest absolute Gasteiger partial charge is 0.352 e. The predicted octanol–water partition coefficient (Wildman–Crippen LogP) is 5.93. The summed E-state index contributed by atoms with van der Waals surface area (Å²) in [5.74, 6) is -0.899. The number of carbonyl (C=O) groups excluding carboxylic acids is 2. The molecule has 2 amide bonds. The van der Waals surface area contributed by atoms with Crippen molar-refractivity contribution in [1.82, 2.24) is 10.2 Å². The molecule has 202 valence electrons. The second-order valence-corrected chi connectivity index (χ2v) is 12.7. The first kappa shape index (κ1) is 29.8. The van der Waals surface area contributed by atoms with E-state index in [0.29, 0.717) is 20.6 Å². The fourth-order valence-electron chi connectivity index (χ4n) is 4.26. The highest BCUT2D eigenvalue weighted by Crippen LogP contribution is 2.31. The molecule has 1 aliphatic carbocycles. The molecular formula is C25H29Cl4N3O4S. The number of carbonyl (C=O) groups is 2. The van der Waals surface area contributed by atoms with Crippen molar-refractivity contribution in [3.8, 4) is 0 Å². The third-order valence-corrected chi connectivity index (χ3v) is 8.72. The van der Waals surface area contributed by atoms with Gasteiger partial charge in [-0.25, -0.2) is 8.42 Å². The molecule has 0 heterocycles. The molecule has 0 aliphatic heterocycles. The normalized spacial score (nSPS) is 15.2. The van der Waals surface area contributed by atoms with Gasteiger partial charge in [0, 0.05) is 17.6 Å². The first-order chi connectivity index (χ1) is 17.4. The van der Waals surface area contributed by atoms with Crippen molar-refractivity contribution in [2.24, 2.45) is 0 Å². The summed E-state index contributed by atoms with van der Waals surface area (Å²) in [6.45, 7) is 1.07. The number of nitrogens with one attached hydrogen (secondary N) is 1. The average molecular weight is 609 g/mol. The molecular weight excluding hydrogens is 580 g/mol. The molecule has 37 heavy (non-hydrogen) atoms. The Labute approximate surface area is 238 Å². The maximum atomic E-state index is 13.7. The molecule has 3 rings (SSSR count). The van der Waals surface area contributed by atoms with Gasteiger partial charge in [-0.1, -0.05) is 71.7 Å². The highest BCUT2D eigenvalue weighted by molar-refractivity contribution is 7.92. The van der Waals surface area contributed by atoms with Crippen molar-refractivity contribution < 1.29 is 18.0 Å². The fraction of sp³-hybridized carbons (Fsp3) is 0.440. The molecule has 1 N–H and O–H groups in total. The monoisotopic (exact) mass is 607 g/mol. The lowest BCUT2D eigenvalue weighted by Crippen LogP contribution is -2.53. The molecule has 1 atom stereocenters. The van der Waals surface area contributed by atoms with Crippen LogP contribution in [0, 0.1) is 0 Å². The molecule has 1 saturated carbocycles. The zero-order chi connectivity index (χ0) is 27.3. The van der Waals surface area contributed by atoms with E-state index in [0.717, 1.165) is 42.7 Å². The Kier molecular flexibility index (Phi) is 10.4. The Balaban J connectivity index is 1.91. The smallest absolute Gasteiger partial charge is 0.244 e. The minimum absolute atomic E-state index is 0.0148. The van der Waals surface area contributed by atoms with Crippen LogP contribution in [0.4, 0.5) is 5.69 Å². The summed E-state index contributed by atoms with van der Waals surface area (Å²) in [6.07, 6.45) is 5.96. The van der Waals surface area contributed by atoms with Crippen LogP contribution < -0.4 is 9.62 Å². The minimum Gasteiger partial charge on any atom is -0.352 e. The summed E-state index contributed by atoms with van der Waals surface area (Å²) < 4.78 is 26.3. The average Bonchev–Trinajstić information content (AvgIpc) is 2.83. The topological polar surface area (TPSA) is 86.8 Å². The third-order valence-electron chi connectivity index (χ3n) is 6.31. The SMILES string of the molecule is C[C@H](C(=O)NC1CCCCC1)N(Cc1ccc(Cl)c(Cl)c1)C(=O)CN(c1ccc(Cl)cc1Cl)S(C)(=O)=O. The van der Waals surface area contributed by atoms with Crippen molar-refractivity contribution in [2.75, 3.05) is 17.1 Å². The van der Waals surface area contributed by atoms with Gasteiger partial charge in [0.2, 0.25) is 21.8 Å². The van der Waals surface area contributed by atoms with E-state index in [1.54, 1.807) is 25.1 Å². The van der Waals surface area contributed by atoms with Crippen molar-refractivity contribution in [1.29, 1.82) is 0 Å². The molecule has 2 aromatic rings. The van der Waals surface area contributed by atoms with Gasteiger partial charge in [-0.3, -0.25) is 13.9 Å². The molecule has 1 fully saturated rings. The maximum Gasteiger partial charge on any atom is 0.244 e. The van der Waals surface area contributed by atoms with Crippen molar-refractivity contribution in [3.05, 3.63) is 62.1 Å². The fourth-order valence-corrected chi connectivity index (χ4v) is 6.01. The highest BCUT2D eigenvalue weighted by atomic mass is 35.5. The van der Waals surface area contributed by atoms with Gasteiger partial charge in [-0.05, 0) is 55.7 Å². The Morgan fingerprint density at radius 3 is 2.24 bits per heavy atom. The van der Waals surface area contributed by atoms with Crippen LogP contribution in [0.3, 0.4) is 0 Å². The Hall–Kier alpha value is -1.71. The summed E-state index contributed by atoms with van der Waals surface area (Å²) in [5.41, 5.74) is 0.742. The summed E-state index contributed by atoms with van der Waals surface area (Å²) in [6, 6.07) is 8.39. The first-order valence-electron chi connectivity index (χ1n) is 11.8. The van der Waals surface area contributed by atoms with Crippen LogP contribution in [0.15, 0.2) is 36.4 Å². The Morgan fingerprint density at radius 2 is 1.65 bits per heavy atom. The van der Waals surface area contributed by atoms with E-state index >= 15 is 0 Å². The summed E-state index contributed by atoms with van der Waals surface area (Å²) in [5, 5.41) is 4.10. The molecule has 0 saturated heterocycles. The number of sulfonamides is 1. The van der Waals surface area contributed by atoms with Gasteiger partial charge >= 0.3 is 0 Å². The molecule has 12 heteroatoms. The van der Waals surface area contributed by atoms with Gasteiger partial charge in [0.25, 0.3) is 0 Å². The zero-order valence-corrected chi connectivity index (χ0v) is 24.4. The van der Waals surface area contributed by atoms with E-state index in [-0.39, 0.29) is 29.2 Å². The predicted molar refractivity (Wildman–Crippen MR) is 150 cm³/mol. The molecule has 0 bridgehead atoms. The molecule has 0 spiro atoms. The second kappa shape index (κ2) is 12.9. The van der Waals surface area contributed by atoms with Crippen LogP contribution in [0.2, 0.25) is 20.1 Å². The number of hydrogen-bond donors (Lipinski definition) is 1. The lowest BCUT2D eigenvalue weighted by molar-refractivity contribution is -0.139. The number of rotatable bonds is 9. The molecule has 0 unspecified atom stereocenters. The summed E-state index contributed by atoms with van der Waals surface area (Å²) >= 11 is 24.5. The van der Waals surface area contributed by atoms with Gasteiger partial charge in [0.1, 0.15) is 12.6 Å². The number of anilines is 1. The maximum absolute atomic E-state index is 13.7. The number of nitrogens with zero attached hydrogens (tertiary/aromatic N) is 2. The van der Waals surface area contributed by atoms with E-state index in [1.807, 2.05) is 0 Å². The number of halogens is 4. The summed E-state index contributed by atoms with van der Waals surface area (Å²) in [7, 11) is -3.92. The molecule has 0 radical (unpaired) electrons. The van der Waals surface area contributed by atoms with Gasteiger partial charge in [0.05, 0.1) is 27.0 Å². The molecule has 1 aliphatic rings. The van der Waals surface area contributed by atoms with E-state index in [1.165, 1.54) is 23.1 Å². The number of benzene rings is 2. The van der Waals surface area contributed by atoms with Crippen molar-refractivity contribution >= 4 is 73.9 Å². The lowest BCUT2D eigenvalue weighted by Gasteiger charge is -2.33. The van der Waals surface area contributed by atoms with E-state index < -0.39 is 28.5 Å². The molecule has 0 aromatic heterocycles. The Morgan fingerprint density at radius 1 is 0.973 bits per heavy atom.